The van der Waals surface area contributed by atoms with Crippen molar-refractivity contribution in [1.82, 2.24) is 15.3 Å². The third kappa shape index (κ3) is 2.59. The van der Waals surface area contributed by atoms with Crippen LogP contribution in [0.5, 0.6) is 5.88 Å². The highest BCUT2D eigenvalue weighted by Crippen LogP contribution is 2.30. The van der Waals surface area contributed by atoms with E-state index < -0.39 is 0 Å². The van der Waals surface area contributed by atoms with E-state index >= 15 is 0 Å². The van der Waals surface area contributed by atoms with Gasteiger partial charge in [0, 0.05) is 19.1 Å². The van der Waals surface area contributed by atoms with Gasteiger partial charge in [0.2, 0.25) is 5.88 Å². The second-order valence-corrected chi connectivity index (χ2v) is 5.76. The van der Waals surface area contributed by atoms with Crippen molar-refractivity contribution in [2.75, 3.05) is 31.1 Å². The molecule has 1 N–H and O–H groups in total. The lowest BCUT2D eigenvalue weighted by Crippen LogP contribution is -2.52. The van der Waals surface area contributed by atoms with Crippen LogP contribution in [0.4, 0.5) is 5.82 Å². The van der Waals surface area contributed by atoms with Crippen LogP contribution >= 0.6 is 0 Å². The topological polar surface area (TPSA) is 50.3 Å². The molecule has 0 bridgehead atoms. The van der Waals surface area contributed by atoms with Crippen LogP contribution < -0.4 is 15.0 Å². The van der Waals surface area contributed by atoms with Crippen molar-refractivity contribution < 1.29 is 4.74 Å². The zero-order chi connectivity index (χ0) is 13.9. The van der Waals surface area contributed by atoms with Crippen LogP contribution in [0.25, 0.3) is 0 Å². The maximum absolute atomic E-state index is 5.58. The van der Waals surface area contributed by atoms with Gasteiger partial charge in [-0.1, -0.05) is 0 Å². The third-order valence-electron chi connectivity index (χ3n) is 4.48. The van der Waals surface area contributed by atoms with Crippen LogP contribution in [0.15, 0.2) is 6.33 Å². The van der Waals surface area contributed by atoms with E-state index in [4.69, 9.17) is 4.74 Å². The van der Waals surface area contributed by atoms with Crippen LogP contribution in [0.3, 0.4) is 0 Å². The summed E-state index contributed by atoms with van der Waals surface area (Å²) in [6.45, 7) is 8.04. The predicted molar refractivity (Wildman–Crippen MR) is 79.3 cm³/mol. The van der Waals surface area contributed by atoms with Crippen LogP contribution in [0.2, 0.25) is 0 Å². The molecule has 110 valence electrons. The van der Waals surface area contributed by atoms with Gasteiger partial charge in [-0.05, 0) is 45.6 Å². The van der Waals surface area contributed by atoms with Crippen molar-refractivity contribution >= 4 is 5.82 Å². The Balaban J connectivity index is 1.77. The Labute approximate surface area is 120 Å². The first-order chi connectivity index (χ1) is 9.79. The molecule has 2 unspecified atom stereocenters. The maximum atomic E-state index is 5.58. The number of fused-ring (bicyclic) bond motifs is 1. The van der Waals surface area contributed by atoms with Crippen molar-refractivity contribution in [1.29, 1.82) is 0 Å². The summed E-state index contributed by atoms with van der Waals surface area (Å²) < 4.78 is 5.58. The monoisotopic (exact) mass is 276 g/mol. The van der Waals surface area contributed by atoms with Gasteiger partial charge in [0.15, 0.2) is 0 Å². The summed E-state index contributed by atoms with van der Waals surface area (Å²) in [6, 6.07) is 0.702. The predicted octanol–water partition coefficient (Wildman–Crippen LogP) is 1.76. The standard InChI is InChI=1S/C15H24N4O/c1-3-20-15-11(2)14(17-10-18-15)19-8-6-13-12(9-19)5-4-7-16-13/h10,12-13,16H,3-9H2,1-2H3. The van der Waals surface area contributed by atoms with Gasteiger partial charge in [-0.25, -0.2) is 9.97 Å². The number of hydrogen-bond acceptors (Lipinski definition) is 5. The van der Waals surface area contributed by atoms with E-state index in [2.05, 4.69) is 27.1 Å². The highest BCUT2D eigenvalue weighted by atomic mass is 16.5. The fourth-order valence-electron chi connectivity index (χ4n) is 3.46. The minimum atomic E-state index is 0.645. The van der Waals surface area contributed by atoms with E-state index in [0.29, 0.717) is 12.6 Å². The van der Waals surface area contributed by atoms with Crippen molar-refractivity contribution in [3.8, 4) is 5.88 Å². The third-order valence-corrected chi connectivity index (χ3v) is 4.48. The molecule has 2 aliphatic rings. The van der Waals surface area contributed by atoms with E-state index in [9.17, 15) is 0 Å². The molecule has 0 spiro atoms. The zero-order valence-corrected chi connectivity index (χ0v) is 12.4. The molecular formula is C15H24N4O. The van der Waals surface area contributed by atoms with Crippen molar-refractivity contribution in [3.63, 3.8) is 0 Å². The van der Waals surface area contributed by atoms with E-state index in [1.54, 1.807) is 6.33 Å². The first kappa shape index (κ1) is 13.6. The lowest BCUT2D eigenvalue weighted by atomic mass is 9.85. The highest BCUT2D eigenvalue weighted by Gasteiger charge is 2.32. The number of piperidine rings is 2. The van der Waals surface area contributed by atoms with E-state index in [1.165, 1.54) is 25.8 Å². The Hall–Kier alpha value is -1.36. The largest absolute Gasteiger partial charge is 0.478 e. The van der Waals surface area contributed by atoms with E-state index in [-0.39, 0.29) is 0 Å². The molecule has 1 aromatic rings. The molecule has 0 radical (unpaired) electrons. The lowest BCUT2D eigenvalue weighted by Gasteiger charge is -2.42. The normalized spacial score (nSPS) is 26.2. The number of rotatable bonds is 3. The Bertz CT molecular complexity index is 465. The maximum Gasteiger partial charge on any atom is 0.221 e. The second-order valence-electron chi connectivity index (χ2n) is 5.76. The Morgan fingerprint density at radius 1 is 1.40 bits per heavy atom. The molecule has 5 nitrogen and oxygen atoms in total. The van der Waals surface area contributed by atoms with Crippen molar-refractivity contribution in [2.24, 2.45) is 5.92 Å². The van der Waals surface area contributed by atoms with Crippen LogP contribution in [-0.4, -0.2) is 42.3 Å². The second kappa shape index (κ2) is 5.95. The molecule has 3 rings (SSSR count). The van der Waals surface area contributed by atoms with Gasteiger partial charge in [-0.15, -0.1) is 0 Å². The number of hydrogen-bond donors (Lipinski definition) is 1. The first-order valence-electron chi connectivity index (χ1n) is 7.72. The van der Waals surface area contributed by atoms with Gasteiger partial charge in [0.1, 0.15) is 12.1 Å². The van der Waals surface area contributed by atoms with Gasteiger partial charge < -0.3 is 15.0 Å². The molecule has 0 aliphatic carbocycles. The molecule has 2 fully saturated rings. The summed E-state index contributed by atoms with van der Waals surface area (Å²) in [7, 11) is 0. The van der Waals surface area contributed by atoms with Gasteiger partial charge in [0.25, 0.3) is 0 Å². The molecule has 2 atom stereocenters. The van der Waals surface area contributed by atoms with Gasteiger partial charge in [0.05, 0.1) is 12.2 Å². The highest BCUT2D eigenvalue weighted by molar-refractivity contribution is 5.50. The number of nitrogens with one attached hydrogen (secondary N) is 1. The van der Waals surface area contributed by atoms with Crippen molar-refractivity contribution in [2.45, 2.75) is 39.2 Å². The Morgan fingerprint density at radius 2 is 2.30 bits per heavy atom. The fraction of sp³-hybridized carbons (Fsp3) is 0.733. The van der Waals surface area contributed by atoms with E-state index in [0.717, 1.165) is 36.3 Å². The van der Waals surface area contributed by atoms with Gasteiger partial charge in [-0.2, -0.15) is 0 Å². The smallest absolute Gasteiger partial charge is 0.221 e. The molecule has 2 saturated heterocycles. The van der Waals surface area contributed by atoms with Crippen LogP contribution in [0, 0.1) is 12.8 Å². The summed E-state index contributed by atoms with van der Waals surface area (Å²) in [5, 5.41) is 3.66. The molecule has 0 aromatic carbocycles. The quantitative estimate of drug-likeness (QED) is 0.911. The minimum Gasteiger partial charge on any atom is -0.478 e. The Morgan fingerprint density at radius 3 is 3.15 bits per heavy atom. The summed E-state index contributed by atoms with van der Waals surface area (Å²) in [4.78, 5) is 11.1. The van der Waals surface area contributed by atoms with Crippen LogP contribution in [0.1, 0.15) is 31.7 Å². The van der Waals surface area contributed by atoms with Gasteiger partial charge in [-0.3, -0.25) is 0 Å². The molecule has 1 aromatic heterocycles. The van der Waals surface area contributed by atoms with Crippen molar-refractivity contribution in [3.05, 3.63) is 11.9 Å². The number of ether oxygens (including phenoxy) is 1. The number of nitrogens with zero attached hydrogens (tertiary/aromatic N) is 3. The molecule has 2 aliphatic heterocycles. The summed E-state index contributed by atoms with van der Waals surface area (Å²) in [5.41, 5.74) is 1.07. The SMILES string of the molecule is CCOc1ncnc(N2CCC3NCCCC3C2)c1C. The first-order valence-corrected chi connectivity index (χ1v) is 7.72. The summed E-state index contributed by atoms with van der Waals surface area (Å²) in [6.07, 6.45) is 5.45. The van der Waals surface area contributed by atoms with Gasteiger partial charge >= 0.3 is 0 Å². The fourth-order valence-corrected chi connectivity index (χ4v) is 3.46. The summed E-state index contributed by atoms with van der Waals surface area (Å²) in [5.74, 6) is 2.52. The van der Waals surface area contributed by atoms with Crippen LogP contribution in [-0.2, 0) is 0 Å². The number of aromatic nitrogens is 2. The average molecular weight is 276 g/mol. The average Bonchev–Trinajstić information content (AvgIpc) is 2.49. The molecule has 20 heavy (non-hydrogen) atoms. The minimum absolute atomic E-state index is 0.645. The summed E-state index contributed by atoms with van der Waals surface area (Å²) >= 11 is 0. The molecule has 5 heteroatoms. The molecule has 0 saturated carbocycles. The molecule has 3 heterocycles. The van der Waals surface area contributed by atoms with E-state index in [1.807, 2.05) is 6.92 Å². The molecular weight excluding hydrogens is 252 g/mol. The Kier molecular flexibility index (Phi) is 4.05. The number of anilines is 1. The molecule has 0 amide bonds. The zero-order valence-electron chi connectivity index (χ0n) is 12.4. The lowest BCUT2D eigenvalue weighted by molar-refractivity contribution is 0.243.